The largest absolute Gasteiger partial charge is 0.489 e. The van der Waals surface area contributed by atoms with Gasteiger partial charge in [-0.05, 0) is 23.8 Å². The van der Waals surface area contributed by atoms with Crippen LogP contribution in [0.2, 0.25) is 0 Å². The quantitative estimate of drug-likeness (QED) is 0.434. The van der Waals surface area contributed by atoms with Gasteiger partial charge in [0.05, 0.1) is 5.70 Å². The molecule has 1 aliphatic rings. The fraction of sp³-hybridized carbons (Fsp3) is 0.118. The topological polar surface area (TPSA) is 116 Å². The number of nitrogens with one attached hydrogen (secondary N) is 1. The predicted octanol–water partition coefficient (Wildman–Crippen LogP) is 1.61. The molecule has 1 aliphatic heterocycles. The van der Waals surface area contributed by atoms with Gasteiger partial charge < -0.3 is 25.4 Å². The first kappa shape index (κ1) is 15.5. The van der Waals surface area contributed by atoms with Gasteiger partial charge in [-0.2, -0.15) is 5.26 Å². The summed E-state index contributed by atoms with van der Waals surface area (Å²) in [4.78, 5) is 0. The minimum Gasteiger partial charge on any atom is -0.489 e. The van der Waals surface area contributed by atoms with E-state index in [1.165, 1.54) is 0 Å². The molecule has 0 saturated heterocycles. The van der Waals surface area contributed by atoms with E-state index in [2.05, 4.69) is 5.43 Å². The van der Waals surface area contributed by atoms with Crippen LogP contribution in [0, 0.1) is 11.3 Å². The van der Waals surface area contributed by atoms with Gasteiger partial charge in [0.2, 0.25) is 6.79 Å². The Balaban J connectivity index is 1.74. The Morgan fingerprint density at radius 2 is 2.04 bits per heavy atom. The van der Waals surface area contributed by atoms with E-state index in [1.54, 1.807) is 18.2 Å². The summed E-state index contributed by atoms with van der Waals surface area (Å²) in [6.45, 7) is 0.571. The third-order valence-corrected chi connectivity index (χ3v) is 3.51. The second-order valence-corrected chi connectivity index (χ2v) is 5.05. The van der Waals surface area contributed by atoms with Crippen LogP contribution in [0.5, 0.6) is 17.2 Å². The number of nitrogens with zero attached hydrogens (tertiary/aromatic N) is 1. The molecule has 1 heterocycles. The third kappa shape index (κ3) is 3.19. The summed E-state index contributed by atoms with van der Waals surface area (Å²) in [5.41, 5.74) is 10.2. The van der Waals surface area contributed by atoms with Gasteiger partial charge in [-0.25, -0.2) is 5.84 Å². The zero-order valence-electron chi connectivity index (χ0n) is 12.8. The lowest BCUT2D eigenvalue weighted by molar-refractivity contribution is 0.173. The van der Waals surface area contributed by atoms with Crippen molar-refractivity contribution >= 4 is 5.70 Å². The number of fused-ring (bicyclic) bond motifs is 1. The summed E-state index contributed by atoms with van der Waals surface area (Å²) in [7, 11) is 0. The lowest BCUT2D eigenvalue weighted by Crippen LogP contribution is -2.23. The van der Waals surface area contributed by atoms with Crippen molar-refractivity contribution in [3.63, 3.8) is 0 Å². The molecule has 0 spiro atoms. The van der Waals surface area contributed by atoms with Crippen molar-refractivity contribution in [3.8, 4) is 23.3 Å². The molecule has 2 aromatic rings. The predicted molar refractivity (Wildman–Crippen MR) is 87.4 cm³/mol. The van der Waals surface area contributed by atoms with E-state index < -0.39 is 0 Å². The number of ether oxygens (including phenoxy) is 3. The highest BCUT2D eigenvalue weighted by Crippen LogP contribution is 2.35. The van der Waals surface area contributed by atoms with E-state index in [4.69, 9.17) is 31.0 Å². The molecule has 2 aromatic carbocycles. The standard InChI is InChI=1S/C17H16N4O3/c18-8-14(21-20)17(19)12-3-1-2-11(6-12)9-22-13-4-5-15-16(7-13)24-10-23-15/h1-7,21H,9-10,19-20H2/b17-14-. The van der Waals surface area contributed by atoms with Gasteiger partial charge in [-0.15, -0.1) is 0 Å². The van der Waals surface area contributed by atoms with Crippen molar-refractivity contribution < 1.29 is 14.2 Å². The molecule has 0 atom stereocenters. The number of nitrogens with two attached hydrogens (primary N) is 2. The van der Waals surface area contributed by atoms with Crippen LogP contribution in [-0.4, -0.2) is 6.79 Å². The highest BCUT2D eigenvalue weighted by Gasteiger charge is 2.13. The van der Waals surface area contributed by atoms with Crippen LogP contribution >= 0.6 is 0 Å². The van der Waals surface area contributed by atoms with Crippen LogP contribution in [0.15, 0.2) is 48.2 Å². The third-order valence-electron chi connectivity index (χ3n) is 3.51. The second-order valence-electron chi connectivity index (χ2n) is 5.05. The Morgan fingerprint density at radius 3 is 2.83 bits per heavy atom. The molecule has 0 unspecified atom stereocenters. The highest BCUT2D eigenvalue weighted by atomic mass is 16.7. The zero-order chi connectivity index (χ0) is 16.9. The Hall–Kier alpha value is -3.37. The van der Waals surface area contributed by atoms with Crippen LogP contribution < -0.4 is 31.2 Å². The summed E-state index contributed by atoms with van der Waals surface area (Å²) < 4.78 is 16.3. The smallest absolute Gasteiger partial charge is 0.231 e. The fourth-order valence-corrected chi connectivity index (χ4v) is 2.28. The fourth-order valence-electron chi connectivity index (χ4n) is 2.28. The molecule has 0 saturated carbocycles. The summed E-state index contributed by atoms with van der Waals surface area (Å²) in [5.74, 6) is 7.33. The van der Waals surface area contributed by atoms with E-state index in [0.717, 1.165) is 5.56 Å². The molecule has 24 heavy (non-hydrogen) atoms. The SMILES string of the molecule is N#C/C(NN)=C(/N)c1cccc(COc2ccc3c(c2)OCO3)c1. The molecular formula is C17H16N4O3. The van der Waals surface area contributed by atoms with E-state index in [1.807, 2.05) is 30.3 Å². The molecule has 3 rings (SSSR count). The number of rotatable bonds is 5. The second kappa shape index (κ2) is 6.81. The molecule has 7 heteroatoms. The Labute approximate surface area is 139 Å². The summed E-state index contributed by atoms with van der Waals surface area (Å²) in [5, 5.41) is 8.98. The maximum Gasteiger partial charge on any atom is 0.231 e. The number of nitriles is 1. The Bertz CT molecular complexity index is 827. The Morgan fingerprint density at radius 1 is 1.21 bits per heavy atom. The highest BCUT2D eigenvalue weighted by molar-refractivity contribution is 5.68. The van der Waals surface area contributed by atoms with Gasteiger partial charge >= 0.3 is 0 Å². The average molecular weight is 324 g/mol. The van der Waals surface area contributed by atoms with E-state index in [0.29, 0.717) is 29.4 Å². The molecular weight excluding hydrogens is 308 g/mol. The van der Waals surface area contributed by atoms with Gasteiger partial charge in [-0.1, -0.05) is 18.2 Å². The number of hydrazine groups is 1. The van der Waals surface area contributed by atoms with Gasteiger partial charge in [0, 0.05) is 11.6 Å². The van der Waals surface area contributed by atoms with Crippen LogP contribution in [0.25, 0.3) is 5.70 Å². The van der Waals surface area contributed by atoms with Gasteiger partial charge in [0.1, 0.15) is 18.4 Å². The molecule has 0 radical (unpaired) electrons. The van der Waals surface area contributed by atoms with Crippen molar-refractivity contribution in [2.75, 3.05) is 6.79 Å². The van der Waals surface area contributed by atoms with Crippen LogP contribution in [0.3, 0.4) is 0 Å². The molecule has 122 valence electrons. The maximum absolute atomic E-state index is 8.98. The molecule has 0 fully saturated rings. The van der Waals surface area contributed by atoms with Crippen molar-refractivity contribution in [2.45, 2.75) is 6.61 Å². The summed E-state index contributed by atoms with van der Waals surface area (Å²) in [6.07, 6.45) is 0. The molecule has 7 nitrogen and oxygen atoms in total. The molecule has 0 bridgehead atoms. The van der Waals surface area contributed by atoms with Gasteiger partial charge in [0.25, 0.3) is 0 Å². The first-order valence-electron chi connectivity index (χ1n) is 7.19. The minimum absolute atomic E-state index is 0.115. The van der Waals surface area contributed by atoms with Crippen molar-refractivity contribution in [1.82, 2.24) is 5.43 Å². The lowest BCUT2D eigenvalue weighted by atomic mass is 10.1. The minimum atomic E-state index is 0.115. The van der Waals surface area contributed by atoms with E-state index >= 15 is 0 Å². The van der Waals surface area contributed by atoms with Crippen molar-refractivity contribution in [3.05, 3.63) is 59.3 Å². The Kier molecular flexibility index (Phi) is 4.40. The molecule has 0 amide bonds. The van der Waals surface area contributed by atoms with E-state index in [9.17, 15) is 0 Å². The maximum atomic E-state index is 8.98. The normalized spacial score (nSPS) is 13.0. The zero-order valence-corrected chi connectivity index (χ0v) is 12.8. The number of allylic oxidation sites excluding steroid dienone is 1. The van der Waals surface area contributed by atoms with Crippen LogP contribution in [0.1, 0.15) is 11.1 Å². The van der Waals surface area contributed by atoms with Crippen LogP contribution in [0.4, 0.5) is 0 Å². The monoisotopic (exact) mass is 324 g/mol. The number of benzene rings is 2. The lowest BCUT2D eigenvalue weighted by Gasteiger charge is -2.10. The van der Waals surface area contributed by atoms with Gasteiger partial charge in [-0.3, -0.25) is 0 Å². The number of hydrogen-bond donors (Lipinski definition) is 3. The summed E-state index contributed by atoms with van der Waals surface area (Å²) in [6, 6.07) is 14.7. The number of hydrogen-bond acceptors (Lipinski definition) is 7. The van der Waals surface area contributed by atoms with Crippen molar-refractivity contribution in [1.29, 1.82) is 5.26 Å². The molecule has 0 aromatic heterocycles. The average Bonchev–Trinajstić information content (AvgIpc) is 3.09. The van der Waals surface area contributed by atoms with Gasteiger partial charge in [0.15, 0.2) is 17.2 Å². The van der Waals surface area contributed by atoms with Crippen molar-refractivity contribution in [2.24, 2.45) is 11.6 Å². The van der Waals surface area contributed by atoms with E-state index in [-0.39, 0.29) is 18.2 Å². The molecule has 5 N–H and O–H groups in total. The van der Waals surface area contributed by atoms with Crippen LogP contribution in [-0.2, 0) is 6.61 Å². The molecule has 0 aliphatic carbocycles. The summed E-state index contributed by atoms with van der Waals surface area (Å²) >= 11 is 0. The first-order valence-corrected chi connectivity index (χ1v) is 7.19. The first-order chi connectivity index (χ1) is 11.7.